The number of hydrogen-bond acceptors (Lipinski definition) is 5. The Morgan fingerprint density at radius 1 is 1.10 bits per heavy atom. The highest BCUT2D eigenvalue weighted by molar-refractivity contribution is 7.99. The molecule has 1 heterocycles. The quantitative estimate of drug-likeness (QED) is 0.446. The van der Waals surface area contributed by atoms with Gasteiger partial charge in [-0.05, 0) is 43.7 Å². The first-order chi connectivity index (χ1) is 14.5. The Morgan fingerprint density at radius 3 is 2.57 bits per heavy atom. The van der Waals surface area contributed by atoms with Crippen molar-refractivity contribution < 1.29 is 14.0 Å². The number of rotatable bonds is 7. The maximum atomic E-state index is 12.9. The molecule has 0 saturated carbocycles. The van der Waals surface area contributed by atoms with E-state index in [4.69, 9.17) is 0 Å². The monoisotopic (exact) mass is 427 g/mol. The standard InChI is InChI=1S/C21H22FN5O2S/c1-3-11-27-19(16-6-4-5-14(2)12-16)24-26-21(27)30-13-18(28)23-25-20(29)15-7-9-17(22)10-8-15/h4-10,12H,3,11,13H2,1-2H3,(H,23,28)(H,25,29). The smallest absolute Gasteiger partial charge is 0.269 e. The Bertz CT molecular complexity index is 1040. The first-order valence-electron chi connectivity index (χ1n) is 9.45. The predicted molar refractivity (Wildman–Crippen MR) is 113 cm³/mol. The Morgan fingerprint density at radius 2 is 1.87 bits per heavy atom. The summed E-state index contributed by atoms with van der Waals surface area (Å²) >= 11 is 1.24. The highest BCUT2D eigenvalue weighted by atomic mass is 32.2. The summed E-state index contributed by atoms with van der Waals surface area (Å²) in [5.74, 6) is -0.538. The van der Waals surface area contributed by atoms with Crippen LogP contribution in [0.4, 0.5) is 4.39 Å². The second-order valence-electron chi connectivity index (χ2n) is 6.63. The van der Waals surface area contributed by atoms with E-state index >= 15 is 0 Å². The van der Waals surface area contributed by atoms with Gasteiger partial charge in [-0.3, -0.25) is 20.4 Å². The van der Waals surface area contributed by atoms with E-state index in [1.165, 1.54) is 36.0 Å². The van der Waals surface area contributed by atoms with Crippen LogP contribution < -0.4 is 10.9 Å². The molecule has 0 unspecified atom stereocenters. The van der Waals surface area contributed by atoms with E-state index in [0.29, 0.717) is 5.16 Å². The van der Waals surface area contributed by atoms with E-state index in [0.717, 1.165) is 29.9 Å². The number of nitrogens with zero attached hydrogens (tertiary/aromatic N) is 3. The number of thioether (sulfide) groups is 1. The summed E-state index contributed by atoms with van der Waals surface area (Å²) < 4.78 is 14.9. The highest BCUT2D eigenvalue weighted by Gasteiger charge is 2.16. The normalized spacial score (nSPS) is 10.6. The Kier molecular flexibility index (Phi) is 7.18. The lowest BCUT2D eigenvalue weighted by Gasteiger charge is -2.10. The van der Waals surface area contributed by atoms with E-state index in [-0.39, 0.29) is 11.3 Å². The molecule has 2 aromatic carbocycles. The summed E-state index contributed by atoms with van der Waals surface area (Å²) in [6.45, 7) is 4.80. The van der Waals surface area contributed by atoms with Gasteiger partial charge in [-0.2, -0.15) is 0 Å². The zero-order valence-corrected chi connectivity index (χ0v) is 17.5. The average Bonchev–Trinajstić information content (AvgIpc) is 3.14. The van der Waals surface area contributed by atoms with Gasteiger partial charge >= 0.3 is 0 Å². The molecule has 1 aromatic heterocycles. The van der Waals surface area contributed by atoms with Crippen molar-refractivity contribution in [1.82, 2.24) is 25.6 Å². The van der Waals surface area contributed by atoms with Crippen LogP contribution in [0.2, 0.25) is 0 Å². The predicted octanol–water partition coefficient (Wildman–Crippen LogP) is 3.36. The average molecular weight is 428 g/mol. The van der Waals surface area contributed by atoms with Crippen LogP contribution in [0.3, 0.4) is 0 Å². The summed E-state index contributed by atoms with van der Waals surface area (Å²) in [5, 5.41) is 9.17. The summed E-state index contributed by atoms with van der Waals surface area (Å²) in [5.41, 5.74) is 7.01. The lowest BCUT2D eigenvalue weighted by atomic mass is 10.1. The fraction of sp³-hybridized carbons (Fsp3) is 0.238. The first-order valence-corrected chi connectivity index (χ1v) is 10.4. The fourth-order valence-electron chi connectivity index (χ4n) is 2.78. The van der Waals surface area contributed by atoms with E-state index in [1.807, 2.05) is 35.8 Å². The van der Waals surface area contributed by atoms with E-state index in [2.05, 4.69) is 28.0 Å². The number of hydrazine groups is 1. The fourth-order valence-corrected chi connectivity index (χ4v) is 3.55. The second kappa shape index (κ2) is 10.0. The molecule has 0 radical (unpaired) electrons. The van der Waals surface area contributed by atoms with Crippen molar-refractivity contribution in [2.45, 2.75) is 32.0 Å². The molecule has 0 spiro atoms. The number of carbonyl (C=O) groups excluding carboxylic acids is 2. The van der Waals surface area contributed by atoms with Crippen LogP contribution in [0.5, 0.6) is 0 Å². The molecule has 3 rings (SSSR count). The Balaban J connectivity index is 1.60. The van der Waals surface area contributed by atoms with E-state index in [1.54, 1.807) is 0 Å². The number of aromatic nitrogens is 3. The number of hydrogen-bond donors (Lipinski definition) is 2. The van der Waals surface area contributed by atoms with Gasteiger partial charge in [0.2, 0.25) is 5.91 Å². The van der Waals surface area contributed by atoms with Crippen LogP contribution in [0.25, 0.3) is 11.4 Å². The molecule has 7 nitrogen and oxygen atoms in total. The van der Waals surface area contributed by atoms with E-state index in [9.17, 15) is 14.0 Å². The van der Waals surface area contributed by atoms with Crippen LogP contribution in [-0.4, -0.2) is 32.3 Å². The van der Waals surface area contributed by atoms with Crippen molar-refractivity contribution in [2.75, 3.05) is 5.75 Å². The molecule has 2 amide bonds. The molecule has 3 aromatic rings. The van der Waals surface area contributed by atoms with Crippen molar-refractivity contribution in [3.8, 4) is 11.4 Å². The van der Waals surface area contributed by atoms with Gasteiger partial charge in [0.25, 0.3) is 5.91 Å². The van der Waals surface area contributed by atoms with Gasteiger partial charge in [0.15, 0.2) is 11.0 Å². The molecule has 0 aliphatic heterocycles. The van der Waals surface area contributed by atoms with Crippen LogP contribution in [-0.2, 0) is 11.3 Å². The van der Waals surface area contributed by atoms with Crippen molar-refractivity contribution in [1.29, 1.82) is 0 Å². The summed E-state index contributed by atoms with van der Waals surface area (Å²) in [6, 6.07) is 13.1. The van der Waals surface area contributed by atoms with Gasteiger partial charge in [-0.15, -0.1) is 10.2 Å². The van der Waals surface area contributed by atoms with Gasteiger partial charge in [0.05, 0.1) is 5.75 Å². The Hall–Kier alpha value is -3.20. The van der Waals surface area contributed by atoms with Gasteiger partial charge in [0.1, 0.15) is 5.82 Å². The van der Waals surface area contributed by atoms with E-state index < -0.39 is 17.6 Å². The first kappa shape index (κ1) is 21.5. The number of aryl methyl sites for hydroxylation is 1. The van der Waals surface area contributed by atoms with Crippen molar-refractivity contribution >= 4 is 23.6 Å². The third-order valence-corrected chi connectivity index (χ3v) is 5.16. The molecule has 156 valence electrons. The minimum atomic E-state index is -0.524. The molecule has 30 heavy (non-hydrogen) atoms. The largest absolute Gasteiger partial charge is 0.302 e. The zero-order valence-electron chi connectivity index (χ0n) is 16.7. The lowest BCUT2D eigenvalue weighted by Crippen LogP contribution is -2.42. The van der Waals surface area contributed by atoms with Crippen LogP contribution >= 0.6 is 11.8 Å². The van der Waals surface area contributed by atoms with Gasteiger partial charge in [-0.1, -0.05) is 42.4 Å². The maximum Gasteiger partial charge on any atom is 0.269 e. The molecular weight excluding hydrogens is 405 g/mol. The Labute approximate surface area is 178 Å². The third kappa shape index (κ3) is 5.44. The minimum absolute atomic E-state index is 0.0549. The molecule has 0 fully saturated rings. The van der Waals surface area contributed by atoms with Gasteiger partial charge in [0, 0.05) is 17.7 Å². The summed E-state index contributed by atoms with van der Waals surface area (Å²) in [6.07, 6.45) is 0.893. The summed E-state index contributed by atoms with van der Waals surface area (Å²) in [7, 11) is 0. The number of nitrogens with one attached hydrogen (secondary N) is 2. The molecule has 0 aliphatic carbocycles. The molecule has 0 atom stereocenters. The number of benzene rings is 2. The van der Waals surface area contributed by atoms with Crippen molar-refractivity contribution in [2.24, 2.45) is 0 Å². The van der Waals surface area contributed by atoms with Crippen molar-refractivity contribution in [3.63, 3.8) is 0 Å². The van der Waals surface area contributed by atoms with Gasteiger partial charge in [-0.25, -0.2) is 4.39 Å². The molecule has 0 aliphatic rings. The topological polar surface area (TPSA) is 88.9 Å². The molecule has 0 saturated heterocycles. The molecular formula is C21H22FN5O2S. The van der Waals surface area contributed by atoms with Crippen LogP contribution in [0.1, 0.15) is 29.3 Å². The third-order valence-electron chi connectivity index (χ3n) is 4.19. The molecule has 2 N–H and O–H groups in total. The second-order valence-corrected chi connectivity index (χ2v) is 7.57. The molecule has 0 bridgehead atoms. The lowest BCUT2D eigenvalue weighted by molar-refractivity contribution is -0.119. The van der Waals surface area contributed by atoms with Crippen LogP contribution in [0.15, 0.2) is 53.7 Å². The SMILES string of the molecule is CCCn1c(SCC(=O)NNC(=O)c2ccc(F)cc2)nnc1-c1cccc(C)c1. The highest BCUT2D eigenvalue weighted by Crippen LogP contribution is 2.24. The summed E-state index contributed by atoms with van der Waals surface area (Å²) in [4.78, 5) is 24.1. The number of carbonyl (C=O) groups is 2. The van der Waals surface area contributed by atoms with Gasteiger partial charge < -0.3 is 4.57 Å². The maximum absolute atomic E-state index is 12.9. The zero-order chi connectivity index (χ0) is 21.5. The minimum Gasteiger partial charge on any atom is -0.302 e. The van der Waals surface area contributed by atoms with Crippen LogP contribution in [0, 0.1) is 12.7 Å². The van der Waals surface area contributed by atoms with Crippen molar-refractivity contribution in [3.05, 3.63) is 65.5 Å². The number of halogens is 1. The molecule has 9 heteroatoms. The number of amides is 2.